The Morgan fingerprint density at radius 3 is 2.69 bits per heavy atom. The van der Waals surface area contributed by atoms with Crippen LogP contribution in [-0.4, -0.2) is 41.0 Å². The Labute approximate surface area is 236 Å². The van der Waals surface area contributed by atoms with E-state index < -0.39 is 0 Å². The molecule has 1 atom stereocenters. The van der Waals surface area contributed by atoms with Crippen molar-refractivity contribution in [2.45, 2.75) is 12.6 Å². The van der Waals surface area contributed by atoms with Gasteiger partial charge in [-0.05, 0) is 86.6 Å². The van der Waals surface area contributed by atoms with Crippen LogP contribution in [0.1, 0.15) is 17.4 Å². The molecule has 6 nitrogen and oxygen atoms in total. The molecule has 200 valence electrons. The van der Waals surface area contributed by atoms with Gasteiger partial charge in [0.1, 0.15) is 41.8 Å². The summed E-state index contributed by atoms with van der Waals surface area (Å²) in [6.45, 7) is 0.213. The van der Waals surface area contributed by atoms with Gasteiger partial charge in [0.25, 0.3) is 0 Å². The van der Waals surface area contributed by atoms with E-state index in [0.717, 1.165) is 45.0 Å². The van der Waals surface area contributed by atoms with Crippen molar-refractivity contribution in [1.82, 2.24) is 14.9 Å². The molecule has 0 radical (unpaired) electrons. The molecular formula is C30H28ClFN4O2S. The summed E-state index contributed by atoms with van der Waals surface area (Å²) in [5.41, 5.74) is 3.21. The lowest BCUT2D eigenvalue weighted by Crippen LogP contribution is -2.21. The second-order valence-corrected chi connectivity index (χ2v) is 10.6. The molecule has 0 spiro atoms. The first-order valence-corrected chi connectivity index (χ1v) is 14.1. The summed E-state index contributed by atoms with van der Waals surface area (Å²) < 4.78 is 25.5. The Kier molecular flexibility index (Phi) is 8.35. The summed E-state index contributed by atoms with van der Waals surface area (Å²) in [7, 11) is 4.12. The number of hydrogen-bond acceptors (Lipinski definition) is 7. The van der Waals surface area contributed by atoms with E-state index in [4.69, 9.17) is 20.8 Å². The highest BCUT2D eigenvalue weighted by Gasteiger charge is 2.18. The van der Waals surface area contributed by atoms with Crippen LogP contribution in [0.4, 0.5) is 15.9 Å². The molecule has 0 bridgehead atoms. The van der Waals surface area contributed by atoms with E-state index in [-0.39, 0.29) is 18.5 Å². The second-order valence-electron chi connectivity index (χ2n) is 9.28. The van der Waals surface area contributed by atoms with Crippen LogP contribution in [0.15, 0.2) is 83.5 Å². The maximum atomic E-state index is 13.4. The van der Waals surface area contributed by atoms with Crippen molar-refractivity contribution in [3.63, 3.8) is 0 Å². The van der Waals surface area contributed by atoms with E-state index in [1.54, 1.807) is 36.0 Å². The molecule has 0 unspecified atom stereocenters. The van der Waals surface area contributed by atoms with Crippen LogP contribution in [0.3, 0.4) is 0 Å². The number of thioether (sulfide) groups is 1. The lowest BCUT2D eigenvalue weighted by atomic mass is 10.1. The van der Waals surface area contributed by atoms with Crippen molar-refractivity contribution in [1.29, 1.82) is 0 Å². The fourth-order valence-electron chi connectivity index (χ4n) is 4.26. The van der Waals surface area contributed by atoms with Crippen LogP contribution in [-0.2, 0) is 6.61 Å². The lowest BCUT2D eigenvalue weighted by Gasteiger charge is -2.21. The van der Waals surface area contributed by atoms with E-state index in [9.17, 15) is 4.39 Å². The fourth-order valence-corrected chi connectivity index (χ4v) is 5.27. The van der Waals surface area contributed by atoms with E-state index in [1.165, 1.54) is 18.5 Å². The number of hydrogen-bond donors (Lipinski definition) is 1. The topological polar surface area (TPSA) is 63.4 Å². The molecular weight excluding hydrogens is 535 g/mol. The minimum Gasteiger partial charge on any atom is -0.487 e. The molecule has 0 saturated heterocycles. The van der Waals surface area contributed by atoms with Gasteiger partial charge in [-0.15, -0.1) is 0 Å². The van der Waals surface area contributed by atoms with Gasteiger partial charge in [-0.3, -0.25) is 4.90 Å². The number of rotatable bonds is 10. The molecule has 0 aliphatic heterocycles. The smallest absolute Gasteiger partial charge is 0.141 e. The Bertz CT molecular complexity index is 1590. The summed E-state index contributed by atoms with van der Waals surface area (Å²) in [5, 5.41) is 4.63. The minimum atomic E-state index is -0.303. The summed E-state index contributed by atoms with van der Waals surface area (Å²) in [6.07, 6.45) is 3.62. The molecule has 9 heteroatoms. The second kappa shape index (κ2) is 12.1. The van der Waals surface area contributed by atoms with Gasteiger partial charge in [-0.25, -0.2) is 14.4 Å². The molecule has 5 aromatic rings. The number of furan rings is 1. The summed E-state index contributed by atoms with van der Waals surface area (Å²) in [4.78, 5) is 11.1. The van der Waals surface area contributed by atoms with Crippen molar-refractivity contribution in [3.8, 4) is 17.1 Å². The molecule has 3 aromatic carbocycles. The summed E-state index contributed by atoms with van der Waals surface area (Å²) in [5.74, 6) is 3.51. The molecule has 5 rings (SSSR count). The average molecular weight is 563 g/mol. The van der Waals surface area contributed by atoms with Crippen molar-refractivity contribution in [2.24, 2.45) is 0 Å². The van der Waals surface area contributed by atoms with Crippen LogP contribution >= 0.6 is 23.4 Å². The lowest BCUT2D eigenvalue weighted by molar-refractivity contribution is 0.284. The Morgan fingerprint density at radius 2 is 1.92 bits per heavy atom. The summed E-state index contributed by atoms with van der Waals surface area (Å²) in [6, 6.07) is 21.9. The number of benzene rings is 3. The molecule has 0 aliphatic carbocycles. The van der Waals surface area contributed by atoms with Crippen LogP contribution in [0.5, 0.6) is 5.75 Å². The molecule has 2 aromatic heterocycles. The zero-order valence-corrected chi connectivity index (χ0v) is 23.4. The monoisotopic (exact) mass is 562 g/mol. The largest absolute Gasteiger partial charge is 0.487 e. The zero-order chi connectivity index (χ0) is 27.4. The maximum Gasteiger partial charge on any atom is 0.141 e. The first kappa shape index (κ1) is 27.0. The highest BCUT2D eigenvalue weighted by atomic mass is 35.5. The van der Waals surface area contributed by atoms with Crippen LogP contribution < -0.4 is 10.1 Å². The molecule has 2 heterocycles. The van der Waals surface area contributed by atoms with E-state index in [0.29, 0.717) is 16.6 Å². The van der Waals surface area contributed by atoms with Crippen molar-refractivity contribution in [2.75, 3.05) is 31.4 Å². The molecule has 0 saturated carbocycles. The maximum absolute atomic E-state index is 13.4. The molecule has 0 fully saturated rings. The van der Waals surface area contributed by atoms with E-state index in [1.807, 2.05) is 36.4 Å². The van der Waals surface area contributed by atoms with Crippen molar-refractivity contribution in [3.05, 3.63) is 101 Å². The molecule has 1 N–H and O–H groups in total. The minimum absolute atomic E-state index is 0.195. The van der Waals surface area contributed by atoms with Crippen LogP contribution in [0.2, 0.25) is 5.02 Å². The fraction of sp³-hybridized carbons (Fsp3) is 0.200. The molecule has 39 heavy (non-hydrogen) atoms. The standard InChI is InChI=1S/C30H28ClFN4O2S/c1-36(2)26(17-39-3)29-12-11-27(38-29)20-7-9-25-23(14-20)30(34-18-33-25)35-22-8-10-28(24(31)15-22)37-16-19-5-4-6-21(32)13-19/h4-15,18,26H,16-17H2,1-3H3,(H,33,34,35)/t26-/m1/s1. The number of halogens is 2. The summed E-state index contributed by atoms with van der Waals surface area (Å²) >= 11 is 8.29. The Hall–Kier alpha value is -3.59. The van der Waals surface area contributed by atoms with Gasteiger partial charge in [-0.1, -0.05) is 23.7 Å². The predicted octanol–water partition coefficient (Wildman–Crippen LogP) is 7.97. The first-order valence-electron chi connectivity index (χ1n) is 12.4. The third-order valence-corrected chi connectivity index (χ3v) is 7.25. The van der Waals surface area contributed by atoms with Crippen molar-refractivity contribution < 1.29 is 13.5 Å². The Morgan fingerprint density at radius 1 is 1.05 bits per heavy atom. The van der Waals surface area contributed by atoms with E-state index >= 15 is 0 Å². The van der Waals surface area contributed by atoms with Gasteiger partial charge in [0.2, 0.25) is 0 Å². The number of aromatic nitrogens is 2. The third-order valence-electron chi connectivity index (χ3n) is 6.30. The highest BCUT2D eigenvalue weighted by Crippen LogP contribution is 2.34. The Balaban J connectivity index is 1.37. The normalized spacial score (nSPS) is 12.2. The van der Waals surface area contributed by atoms with Crippen LogP contribution in [0.25, 0.3) is 22.2 Å². The predicted molar refractivity (Wildman–Crippen MR) is 158 cm³/mol. The number of fused-ring (bicyclic) bond motifs is 1. The number of nitrogens with zero attached hydrogens (tertiary/aromatic N) is 3. The van der Waals surface area contributed by atoms with Gasteiger partial charge in [0.05, 0.1) is 16.6 Å². The van der Waals surface area contributed by atoms with Gasteiger partial charge < -0.3 is 14.5 Å². The SMILES string of the molecule is CSC[C@H](c1ccc(-c2ccc3ncnc(Nc4ccc(OCc5cccc(F)c5)c(Cl)c4)c3c2)o1)N(C)C. The highest BCUT2D eigenvalue weighted by molar-refractivity contribution is 7.98. The zero-order valence-electron chi connectivity index (χ0n) is 21.8. The number of ether oxygens (including phenoxy) is 1. The van der Waals surface area contributed by atoms with Crippen molar-refractivity contribution >= 4 is 45.8 Å². The average Bonchev–Trinajstić information content (AvgIpc) is 3.41. The van der Waals surface area contributed by atoms with Gasteiger partial charge in [0.15, 0.2) is 0 Å². The molecule has 0 amide bonds. The number of anilines is 2. The first-order chi connectivity index (χ1) is 18.9. The molecule has 0 aliphatic rings. The third kappa shape index (κ3) is 6.36. The van der Waals surface area contributed by atoms with Gasteiger partial charge >= 0.3 is 0 Å². The van der Waals surface area contributed by atoms with Crippen LogP contribution in [0, 0.1) is 5.82 Å². The van der Waals surface area contributed by atoms with Gasteiger partial charge in [-0.2, -0.15) is 11.8 Å². The number of nitrogens with one attached hydrogen (secondary N) is 1. The van der Waals surface area contributed by atoms with Gasteiger partial charge in [0, 0.05) is 22.4 Å². The quantitative estimate of drug-likeness (QED) is 0.185. The van der Waals surface area contributed by atoms with E-state index in [2.05, 4.69) is 40.5 Å².